The van der Waals surface area contributed by atoms with Crippen molar-refractivity contribution in [1.29, 1.82) is 0 Å². The highest BCUT2D eigenvalue weighted by molar-refractivity contribution is 5.96. The van der Waals surface area contributed by atoms with Gasteiger partial charge in [0.15, 0.2) is 6.61 Å². The number of likely N-dealkylation sites (N-methyl/N-ethyl adjacent to an activating group) is 1. The van der Waals surface area contributed by atoms with E-state index in [-0.39, 0.29) is 23.8 Å². The van der Waals surface area contributed by atoms with Gasteiger partial charge in [0, 0.05) is 13.6 Å². The van der Waals surface area contributed by atoms with Crippen molar-refractivity contribution in [3.8, 4) is 5.75 Å². The van der Waals surface area contributed by atoms with Gasteiger partial charge in [0.25, 0.3) is 5.91 Å². The van der Waals surface area contributed by atoms with Crippen LogP contribution in [-0.4, -0.2) is 35.5 Å². The van der Waals surface area contributed by atoms with Gasteiger partial charge in [-0.3, -0.25) is 4.79 Å². The summed E-state index contributed by atoms with van der Waals surface area (Å²) in [5.41, 5.74) is 3.17. The molecule has 0 spiro atoms. The van der Waals surface area contributed by atoms with E-state index in [2.05, 4.69) is 10.2 Å². The molecular weight excluding hydrogens is 394 g/mol. The number of rotatable bonds is 7. The third kappa shape index (κ3) is 5.99. The number of hydrogen-bond acceptors (Lipinski definition) is 6. The summed E-state index contributed by atoms with van der Waals surface area (Å²) >= 11 is 0. The Bertz CT molecular complexity index is 1090. The van der Waals surface area contributed by atoms with Gasteiger partial charge in [0.05, 0.1) is 11.3 Å². The maximum Gasteiger partial charge on any atom is 0.340 e. The Kier molecular flexibility index (Phi) is 7.11. The highest BCUT2D eigenvalue weighted by atomic mass is 16.5. The van der Waals surface area contributed by atoms with E-state index < -0.39 is 5.97 Å². The zero-order chi connectivity index (χ0) is 22.2. The molecule has 0 aliphatic carbocycles. The molecule has 0 aromatic heterocycles. The molecule has 0 saturated heterocycles. The van der Waals surface area contributed by atoms with Crippen LogP contribution in [0.5, 0.6) is 5.75 Å². The van der Waals surface area contributed by atoms with E-state index in [0.29, 0.717) is 17.9 Å². The number of esters is 1. The van der Waals surface area contributed by atoms with E-state index in [1.165, 1.54) is 17.0 Å². The van der Waals surface area contributed by atoms with Crippen LogP contribution in [0.25, 0.3) is 0 Å². The van der Waals surface area contributed by atoms with Gasteiger partial charge >= 0.3 is 5.97 Å². The second-order valence-corrected chi connectivity index (χ2v) is 6.99. The lowest BCUT2D eigenvalue weighted by Crippen LogP contribution is -2.31. The van der Waals surface area contributed by atoms with Crippen molar-refractivity contribution < 1.29 is 19.4 Å². The van der Waals surface area contributed by atoms with E-state index >= 15 is 0 Å². The van der Waals surface area contributed by atoms with Crippen LogP contribution in [-0.2, 0) is 16.1 Å². The fraction of sp³-hybridized carbons (Fsp3) is 0.167. The molecule has 31 heavy (non-hydrogen) atoms. The van der Waals surface area contributed by atoms with Gasteiger partial charge in [-0.15, -0.1) is 5.11 Å². The molecule has 0 radical (unpaired) electrons. The average molecular weight is 417 g/mol. The van der Waals surface area contributed by atoms with Crippen LogP contribution in [0.2, 0.25) is 0 Å². The lowest BCUT2D eigenvalue weighted by molar-refractivity contribution is -0.133. The molecule has 0 fully saturated rings. The molecule has 3 aromatic carbocycles. The number of hydrogen-bond donors (Lipinski definition) is 1. The first-order valence-electron chi connectivity index (χ1n) is 9.69. The third-order valence-corrected chi connectivity index (χ3v) is 4.67. The number of carbonyl (C=O) groups excluding carboxylic acids is 2. The number of phenolic OH excluding ortho intramolecular Hbond substituents is 1. The zero-order valence-electron chi connectivity index (χ0n) is 17.4. The first-order chi connectivity index (χ1) is 14.9. The van der Waals surface area contributed by atoms with Crippen LogP contribution in [0.15, 0.2) is 83.0 Å². The summed E-state index contributed by atoms with van der Waals surface area (Å²) in [5, 5.41) is 17.5. The molecule has 0 aliphatic rings. The smallest absolute Gasteiger partial charge is 0.340 e. The molecule has 3 rings (SSSR count). The normalized spacial score (nSPS) is 10.8. The van der Waals surface area contributed by atoms with Crippen molar-refractivity contribution in [2.45, 2.75) is 13.5 Å². The predicted octanol–water partition coefficient (Wildman–Crippen LogP) is 4.93. The number of amides is 1. The van der Waals surface area contributed by atoms with E-state index in [4.69, 9.17) is 4.74 Å². The van der Waals surface area contributed by atoms with Crippen LogP contribution in [0.3, 0.4) is 0 Å². The monoisotopic (exact) mass is 417 g/mol. The minimum atomic E-state index is -0.655. The SMILES string of the molecule is Cc1ccccc1CN(C)C(=O)COC(=O)c1ccccc1N=Nc1ccc(O)cc1. The average Bonchev–Trinajstić information content (AvgIpc) is 2.78. The van der Waals surface area contributed by atoms with Gasteiger partial charge < -0.3 is 14.7 Å². The second kappa shape index (κ2) is 10.2. The Morgan fingerprint density at radius 2 is 1.61 bits per heavy atom. The highest BCUT2D eigenvalue weighted by Crippen LogP contribution is 2.24. The predicted molar refractivity (Wildman–Crippen MR) is 117 cm³/mol. The lowest BCUT2D eigenvalue weighted by atomic mass is 10.1. The quantitative estimate of drug-likeness (QED) is 0.436. The van der Waals surface area contributed by atoms with Gasteiger partial charge in [-0.25, -0.2) is 4.79 Å². The molecular formula is C24H23N3O4. The maximum absolute atomic E-state index is 12.5. The Balaban J connectivity index is 1.62. The molecule has 7 heteroatoms. The molecule has 3 aromatic rings. The molecule has 1 N–H and O–H groups in total. The number of nitrogens with zero attached hydrogens (tertiary/aromatic N) is 3. The van der Waals surface area contributed by atoms with E-state index in [1.54, 1.807) is 43.4 Å². The Labute approximate surface area is 180 Å². The van der Waals surface area contributed by atoms with Gasteiger partial charge in [-0.05, 0) is 54.4 Å². The van der Waals surface area contributed by atoms with Crippen LogP contribution in [0, 0.1) is 6.92 Å². The minimum absolute atomic E-state index is 0.125. The number of aryl methyl sites for hydroxylation is 1. The van der Waals surface area contributed by atoms with Crippen molar-refractivity contribution in [3.05, 3.63) is 89.5 Å². The molecule has 1 amide bonds. The van der Waals surface area contributed by atoms with Crippen LogP contribution in [0.4, 0.5) is 11.4 Å². The van der Waals surface area contributed by atoms with Gasteiger partial charge in [0.1, 0.15) is 11.4 Å². The summed E-state index contributed by atoms with van der Waals surface area (Å²) in [6, 6.07) is 20.6. The fourth-order valence-corrected chi connectivity index (χ4v) is 2.81. The Morgan fingerprint density at radius 1 is 0.935 bits per heavy atom. The highest BCUT2D eigenvalue weighted by Gasteiger charge is 2.17. The third-order valence-electron chi connectivity index (χ3n) is 4.67. The maximum atomic E-state index is 12.5. The van der Waals surface area contributed by atoms with Crippen molar-refractivity contribution in [3.63, 3.8) is 0 Å². The molecule has 0 aliphatic heterocycles. The van der Waals surface area contributed by atoms with Gasteiger partial charge in [-0.2, -0.15) is 5.11 Å². The molecule has 0 unspecified atom stereocenters. The molecule has 0 heterocycles. The standard InChI is InChI=1S/C24H23N3O4/c1-17-7-3-4-8-18(17)15-27(2)23(29)16-31-24(30)21-9-5-6-10-22(21)26-25-19-11-13-20(28)14-12-19/h3-14,28H,15-16H2,1-2H3. The van der Waals surface area contributed by atoms with Crippen molar-refractivity contribution in [2.75, 3.05) is 13.7 Å². The number of aromatic hydroxyl groups is 1. The summed E-state index contributed by atoms with van der Waals surface area (Å²) in [7, 11) is 1.67. The molecule has 158 valence electrons. The Hall–Kier alpha value is -4.00. The summed E-state index contributed by atoms with van der Waals surface area (Å²) in [5.74, 6) is -0.835. The van der Waals surface area contributed by atoms with Crippen LogP contribution < -0.4 is 0 Å². The minimum Gasteiger partial charge on any atom is -0.508 e. The summed E-state index contributed by atoms with van der Waals surface area (Å²) < 4.78 is 5.22. The first-order valence-corrected chi connectivity index (χ1v) is 9.69. The van der Waals surface area contributed by atoms with Crippen molar-refractivity contribution in [2.24, 2.45) is 10.2 Å². The summed E-state index contributed by atoms with van der Waals surface area (Å²) in [6.45, 7) is 2.04. The first kappa shape index (κ1) is 21.7. The largest absolute Gasteiger partial charge is 0.508 e. The fourth-order valence-electron chi connectivity index (χ4n) is 2.81. The number of benzene rings is 3. The molecule has 0 saturated carbocycles. The molecule has 7 nitrogen and oxygen atoms in total. The van der Waals surface area contributed by atoms with E-state index in [1.807, 2.05) is 31.2 Å². The molecule has 0 bridgehead atoms. The number of azo groups is 1. The van der Waals surface area contributed by atoms with Gasteiger partial charge in [0.2, 0.25) is 0 Å². The summed E-state index contributed by atoms with van der Waals surface area (Å²) in [4.78, 5) is 26.5. The van der Waals surface area contributed by atoms with Gasteiger partial charge in [-0.1, -0.05) is 36.4 Å². The topological polar surface area (TPSA) is 91.6 Å². The molecule has 0 atom stereocenters. The van der Waals surface area contributed by atoms with E-state index in [9.17, 15) is 14.7 Å². The number of carbonyl (C=O) groups is 2. The van der Waals surface area contributed by atoms with E-state index in [0.717, 1.165) is 11.1 Å². The lowest BCUT2D eigenvalue weighted by Gasteiger charge is -2.18. The Morgan fingerprint density at radius 3 is 2.35 bits per heavy atom. The van der Waals surface area contributed by atoms with Crippen molar-refractivity contribution >= 4 is 23.3 Å². The van der Waals surface area contributed by atoms with Crippen molar-refractivity contribution in [1.82, 2.24) is 4.90 Å². The summed E-state index contributed by atoms with van der Waals surface area (Å²) in [6.07, 6.45) is 0. The zero-order valence-corrected chi connectivity index (χ0v) is 17.4. The number of ether oxygens (including phenoxy) is 1. The second-order valence-electron chi connectivity index (χ2n) is 6.99. The van der Waals surface area contributed by atoms with Crippen LogP contribution in [0.1, 0.15) is 21.5 Å². The van der Waals surface area contributed by atoms with Crippen LogP contribution >= 0.6 is 0 Å². The number of phenols is 1.